The lowest BCUT2D eigenvalue weighted by molar-refractivity contribution is 0.261. The van der Waals surface area contributed by atoms with Crippen molar-refractivity contribution in [3.8, 4) is 51.7 Å². The fraction of sp³-hybridized carbons (Fsp3) is 0.529. The Morgan fingerprint density at radius 2 is 0.342 bits per heavy atom. The van der Waals surface area contributed by atoms with E-state index < -0.39 is 0 Å². The molecule has 0 radical (unpaired) electrons. The molecule has 600 valence electrons. The molecule has 10 aromatic rings. The zero-order chi connectivity index (χ0) is 77.6. The van der Waals surface area contributed by atoms with E-state index in [1.807, 2.05) is 0 Å². The van der Waals surface area contributed by atoms with Gasteiger partial charge in [0.25, 0.3) is 0 Å². The monoisotopic (exact) mass is 1510 g/mol. The van der Waals surface area contributed by atoms with Crippen molar-refractivity contribution in [3.05, 3.63) is 127 Å². The molecule has 0 aliphatic carbocycles. The van der Waals surface area contributed by atoms with Crippen molar-refractivity contribution in [2.24, 2.45) is 0 Å². The predicted molar refractivity (Wildman–Crippen MR) is 477 cm³/mol. The van der Waals surface area contributed by atoms with Crippen molar-refractivity contribution in [2.75, 3.05) is 59.5 Å². The Hall–Kier alpha value is -8.04. The summed E-state index contributed by atoms with van der Waals surface area (Å²) in [4.78, 5) is 0. The van der Waals surface area contributed by atoms with Crippen LogP contribution in [-0.4, -0.2) is 59.5 Å². The molecule has 9 nitrogen and oxygen atoms in total. The minimum Gasteiger partial charge on any atom is -0.494 e. The average Bonchev–Trinajstić information content (AvgIpc) is 0.744. The second-order valence-corrected chi connectivity index (χ2v) is 31.3. The highest BCUT2D eigenvalue weighted by Crippen LogP contribution is 2.49. The molecule has 111 heavy (non-hydrogen) atoms. The SMILES string of the molecule is CCCCCCOc1ccc2c3ccc4cc5c(ccc6c(OCCCCCC)c(OCCCCCC)cc7c6cc(ccc6c(OCCCCCC)c(OCCCCCC)cc(c6c3)c2c1)c1ccc(OCCCCCC)cc17)c(OCCCCCC)c(OCCCCCC)cc5c1cc(OCCCCCC)ccc41. The molecular weight excluding hydrogens is 1370 g/mol. The van der Waals surface area contributed by atoms with Crippen molar-refractivity contribution in [1.82, 2.24) is 0 Å². The molecule has 0 saturated heterocycles. The zero-order valence-electron chi connectivity index (χ0n) is 70.1. The van der Waals surface area contributed by atoms with Gasteiger partial charge in [-0.25, -0.2) is 0 Å². The highest BCUT2D eigenvalue weighted by atomic mass is 16.5. The molecule has 0 saturated carbocycles. The van der Waals surface area contributed by atoms with Gasteiger partial charge in [-0.15, -0.1) is 0 Å². The van der Waals surface area contributed by atoms with Crippen LogP contribution in [0.5, 0.6) is 51.7 Å². The maximum Gasteiger partial charge on any atom is 0.169 e. The molecule has 10 aromatic carbocycles. The molecule has 0 aliphatic rings. The van der Waals surface area contributed by atoms with Gasteiger partial charge in [-0.1, -0.05) is 272 Å². The average molecular weight is 1510 g/mol. The van der Waals surface area contributed by atoms with Crippen molar-refractivity contribution in [2.45, 2.75) is 293 Å². The second kappa shape index (κ2) is 47.5. The summed E-state index contributed by atoms with van der Waals surface area (Å²) in [5.41, 5.74) is 0. The van der Waals surface area contributed by atoms with Crippen LogP contribution < -0.4 is 42.6 Å². The summed E-state index contributed by atoms with van der Waals surface area (Å²) in [6.45, 7) is 25.8. The van der Waals surface area contributed by atoms with Gasteiger partial charge in [0.1, 0.15) is 17.2 Å². The Morgan fingerprint density at radius 3 is 0.586 bits per heavy atom. The summed E-state index contributed by atoms with van der Waals surface area (Å²) in [7, 11) is 0. The van der Waals surface area contributed by atoms with Crippen LogP contribution in [0.4, 0.5) is 0 Å². The van der Waals surface area contributed by atoms with Gasteiger partial charge in [0.05, 0.1) is 59.5 Å². The molecule has 0 heterocycles. The lowest BCUT2D eigenvalue weighted by Gasteiger charge is -2.19. The maximum atomic E-state index is 7.41. The number of hydrogen-bond acceptors (Lipinski definition) is 9. The van der Waals surface area contributed by atoms with Crippen molar-refractivity contribution in [3.63, 3.8) is 0 Å². The third-order valence-electron chi connectivity index (χ3n) is 22.2. The van der Waals surface area contributed by atoms with E-state index in [1.165, 1.54) is 38.5 Å². The van der Waals surface area contributed by atoms with Crippen LogP contribution in [0.15, 0.2) is 127 Å². The van der Waals surface area contributed by atoms with Gasteiger partial charge in [0.2, 0.25) is 0 Å². The third-order valence-corrected chi connectivity index (χ3v) is 22.2. The minimum absolute atomic E-state index is 0.546. The first-order valence-corrected chi connectivity index (χ1v) is 44.7. The van der Waals surface area contributed by atoms with Gasteiger partial charge in [-0.3, -0.25) is 0 Å². The predicted octanol–water partition coefficient (Wildman–Crippen LogP) is 31.4. The van der Waals surface area contributed by atoms with E-state index >= 15 is 0 Å². The molecule has 0 aliphatic heterocycles. The smallest absolute Gasteiger partial charge is 0.169 e. The van der Waals surface area contributed by atoms with E-state index in [4.69, 9.17) is 42.6 Å². The number of unbranched alkanes of at least 4 members (excludes halogenated alkanes) is 27. The van der Waals surface area contributed by atoms with E-state index in [-0.39, 0.29) is 0 Å². The van der Waals surface area contributed by atoms with Gasteiger partial charge in [-0.05, 0) is 230 Å². The Bertz CT molecular complexity index is 4610. The quantitative estimate of drug-likeness (QED) is 0.0273. The molecule has 0 spiro atoms. The van der Waals surface area contributed by atoms with Crippen molar-refractivity contribution >= 4 is 97.0 Å². The standard InChI is InChI=1S/C102H138O9/c1-10-19-28-37-58-103-79-49-53-82-76-46-47-77-68-89-86(101(110-65-44-35-26-17-8)98(107-62-41-32-23-14-5)74-95(89)92-71-80(50-54-83(77)92)104-59-38-29-20-11-2)56-57-87-90-69-78(48-52-85-88(67-76)94(91(82)70-79)73-97(106-61-40-31-22-13-4)100(85)109-64-43-34-25-16-7)84-55-51-81(105-60-39-30-21-12-3)72-93(84)96(90)75-99(108-63-42-33-24-15-6)102(87)111-66-45-36-27-18-9/h46-57,67-75H,10-45,58-66H2,1-9H3. The van der Waals surface area contributed by atoms with Crippen molar-refractivity contribution < 1.29 is 42.6 Å². The van der Waals surface area contributed by atoms with E-state index in [0.29, 0.717) is 59.5 Å². The minimum atomic E-state index is 0.546. The Kier molecular flexibility index (Phi) is 36.5. The summed E-state index contributed by atoms with van der Waals surface area (Å²) in [5.74, 6) is 7.12. The van der Waals surface area contributed by atoms with Crippen LogP contribution in [0.1, 0.15) is 293 Å². The third kappa shape index (κ3) is 24.3. The van der Waals surface area contributed by atoms with Crippen LogP contribution in [0.25, 0.3) is 97.0 Å². The first kappa shape index (κ1) is 85.4. The number of fused-ring (bicyclic) bond motifs is 12. The highest BCUT2D eigenvalue weighted by molar-refractivity contribution is 6.24. The molecule has 6 bridgehead atoms. The molecule has 0 unspecified atom stereocenters. The molecule has 0 atom stereocenters. The number of benzene rings is 9. The number of rotatable bonds is 54. The first-order chi connectivity index (χ1) is 54.8. The molecule has 0 N–H and O–H groups in total. The Balaban J connectivity index is 1.45. The zero-order valence-corrected chi connectivity index (χ0v) is 70.1. The topological polar surface area (TPSA) is 83.1 Å². The fourth-order valence-corrected chi connectivity index (χ4v) is 15.7. The molecule has 0 fully saturated rings. The molecule has 9 heteroatoms. The van der Waals surface area contributed by atoms with Crippen LogP contribution in [0.2, 0.25) is 0 Å². The van der Waals surface area contributed by atoms with Gasteiger partial charge < -0.3 is 42.6 Å². The molecule has 0 aromatic heterocycles. The number of ether oxygens (including phenoxy) is 9. The van der Waals surface area contributed by atoms with Gasteiger partial charge in [0.15, 0.2) is 34.5 Å². The van der Waals surface area contributed by atoms with Gasteiger partial charge in [0, 0.05) is 16.2 Å². The molecule has 0 amide bonds. The lowest BCUT2D eigenvalue weighted by Crippen LogP contribution is -2.04. The maximum absolute atomic E-state index is 7.41. The summed E-state index contributed by atoms with van der Waals surface area (Å²) in [6.07, 6.45) is 39.4. The van der Waals surface area contributed by atoms with Crippen LogP contribution in [-0.2, 0) is 0 Å². The highest BCUT2D eigenvalue weighted by Gasteiger charge is 2.22. The van der Waals surface area contributed by atoms with Gasteiger partial charge in [-0.2, -0.15) is 0 Å². The summed E-state index contributed by atoms with van der Waals surface area (Å²) in [5, 5.41) is 19.1. The van der Waals surface area contributed by atoms with Crippen LogP contribution >= 0.6 is 0 Å². The van der Waals surface area contributed by atoms with E-state index in [2.05, 4.69) is 190 Å². The first-order valence-electron chi connectivity index (χ1n) is 44.7. The summed E-state index contributed by atoms with van der Waals surface area (Å²) >= 11 is 0. The van der Waals surface area contributed by atoms with Crippen molar-refractivity contribution in [1.29, 1.82) is 0 Å². The van der Waals surface area contributed by atoms with E-state index in [0.717, 1.165) is 341 Å². The van der Waals surface area contributed by atoms with Crippen LogP contribution in [0.3, 0.4) is 0 Å². The van der Waals surface area contributed by atoms with E-state index in [9.17, 15) is 0 Å². The Morgan fingerprint density at radius 1 is 0.153 bits per heavy atom. The normalized spacial score (nSPS) is 11.6. The lowest BCUT2D eigenvalue weighted by atomic mass is 9.93. The Labute approximate surface area is 667 Å². The fourth-order valence-electron chi connectivity index (χ4n) is 15.7. The van der Waals surface area contributed by atoms with E-state index in [1.54, 1.807) is 0 Å². The summed E-state index contributed by atoms with van der Waals surface area (Å²) < 4.78 is 64.1. The second-order valence-electron chi connectivity index (χ2n) is 31.3. The molecule has 10 rings (SSSR count). The number of hydrogen-bond donors (Lipinski definition) is 0. The summed E-state index contributed by atoms with van der Waals surface area (Å²) in [6, 6.07) is 48.5. The van der Waals surface area contributed by atoms with Crippen LogP contribution in [0, 0.1) is 0 Å². The largest absolute Gasteiger partial charge is 0.494 e. The molecular formula is C102H138O9. The van der Waals surface area contributed by atoms with Gasteiger partial charge >= 0.3 is 0 Å².